The van der Waals surface area contributed by atoms with Crippen molar-refractivity contribution >= 4 is 11.9 Å². The van der Waals surface area contributed by atoms with E-state index in [4.69, 9.17) is 4.74 Å². The lowest BCUT2D eigenvalue weighted by Gasteiger charge is -2.29. The van der Waals surface area contributed by atoms with E-state index in [1.807, 2.05) is 35.2 Å². The highest BCUT2D eigenvalue weighted by atomic mass is 19.3. The Kier molecular flexibility index (Phi) is 11.0. The van der Waals surface area contributed by atoms with Crippen LogP contribution in [0.4, 0.5) is 13.6 Å². The molecule has 0 radical (unpaired) electrons. The van der Waals surface area contributed by atoms with Crippen LogP contribution in [-0.2, 0) is 11.3 Å². The molecule has 2 fully saturated rings. The molecule has 1 aliphatic carbocycles. The summed E-state index contributed by atoms with van der Waals surface area (Å²) in [6, 6.07) is 7.30. The monoisotopic (exact) mass is 558 g/mol. The molecule has 0 aromatic heterocycles. The molecule has 7 nitrogen and oxygen atoms in total. The minimum atomic E-state index is -2.80. The smallest absolute Gasteiger partial charge is 0.318 e. The predicted molar refractivity (Wildman–Crippen MR) is 152 cm³/mol. The van der Waals surface area contributed by atoms with Crippen molar-refractivity contribution in [1.29, 1.82) is 0 Å². The fraction of sp³-hybridized carbons (Fsp3) is 0.613. The first-order valence-corrected chi connectivity index (χ1v) is 14.7. The number of carbonyl (C=O) groups excluding carboxylic acids is 2. The highest BCUT2D eigenvalue weighted by Crippen LogP contribution is 2.27. The second-order valence-corrected chi connectivity index (χ2v) is 11.2. The van der Waals surface area contributed by atoms with Crippen LogP contribution in [0.3, 0.4) is 0 Å². The number of amides is 3. The summed E-state index contributed by atoms with van der Waals surface area (Å²) < 4.78 is 32.7. The number of hydrogen-bond donors (Lipinski definition) is 1. The van der Waals surface area contributed by atoms with Gasteiger partial charge in [0.1, 0.15) is 5.75 Å². The molecule has 9 heteroatoms. The van der Waals surface area contributed by atoms with E-state index in [1.165, 1.54) is 4.90 Å². The molecule has 1 atom stereocenters. The topological polar surface area (TPSA) is 65.1 Å². The van der Waals surface area contributed by atoms with E-state index in [1.54, 1.807) is 7.11 Å². The Balaban J connectivity index is 1.31. The van der Waals surface area contributed by atoms with Crippen molar-refractivity contribution in [3.05, 3.63) is 53.6 Å². The van der Waals surface area contributed by atoms with Gasteiger partial charge in [0.2, 0.25) is 5.91 Å². The van der Waals surface area contributed by atoms with Crippen molar-refractivity contribution in [3.8, 4) is 5.75 Å². The van der Waals surface area contributed by atoms with Crippen LogP contribution in [0.1, 0.15) is 63.4 Å². The van der Waals surface area contributed by atoms with Crippen LogP contribution < -0.4 is 10.1 Å². The zero-order chi connectivity index (χ0) is 28.4. The fourth-order valence-corrected chi connectivity index (χ4v) is 5.73. The number of hydrogen-bond acceptors (Lipinski definition) is 4. The number of benzene rings is 1. The number of nitrogens with zero attached hydrogens (tertiary/aromatic N) is 3. The van der Waals surface area contributed by atoms with Crippen LogP contribution in [0.15, 0.2) is 48.1 Å². The van der Waals surface area contributed by atoms with E-state index in [-0.39, 0.29) is 24.9 Å². The maximum absolute atomic E-state index is 13.7. The number of alkyl halides is 2. The zero-order valence-corrected chi connectivity index (χ0v) is 23.8. The van der Waals surface area contributed by atoms with E-state index < -0.39 is 18.5 Å². The number of halogens is 2. The molecule has 0 unspecified atom stereocenters. The Morgan fingerprint density at radius 1 is 1.05 bits per heavy atom. The number of likely N-dealkylation sites (tertiary alicyclic amines) is 1. The van der Waals surface area contributed by atoms with Gasteiger partial charge < -0.3 is 24.8 Å². The summed E-state index contributed by atoms with van der Waals surface area (Å²) in [4.78, 5) is 31.6. The van der Waals surface area contributed by atoms with Crippen molar-refractivity contribution in [2.24, 2.45) is 0 Å². The second kappa shape index (κ2) is 14.6. The Morgan fingerprint density at radius 2 is 1.82 bits per heavy atom. The lowest BCUT2D eigenvalue weighted by Crippen LogP contribution is -2.46. The maximum atomic E-state index is 13.7. The minimum absolute atomic E-state index is 0.0835. The molecular weight excluding hydrogens is 514 g/mol. The van der Waals surface area contributed by atoms with Crippen LogP contribution in [0.5, 0.6) is 5.75 Å². The molecule has 2 heterocycles. The Labute approximate surface area is 237 Å². The van der Waals surface area contributed by atoms with Gasteiger partial charge in [-0.25, -0.2) is 13.6 Å². The maximum Gasteiger partial charge on any atom is 0.318 e. The summed E-state index contributed by atoms with van der Waals surface area (Å²) in [6.45, 7) is 3.49. The Morgan fingerprint density at radius 3 is 2.52 bits per heavy atom. The normalized spacial score (nSPS) is 21.5. The number of rotatable bonds is 8. The molecule has 0 saturated carbocycles. The van der Waals surface area contributed by atoms with Crippen molar-refractivity contribution in [3.63, 3.8) is 0 Å². The van der Waals surface area contributed by atoms with Crippen molar-refractivity contribution in [2.75, 3.05) is 46.4 Å². The molecule has 0 bridgehead atoms. The van der Waals surface area contributed by atoms with E-state index in [0.29, 0.717) is 19.4 Å². The number of methoxy groups -OCH3 is 1. The SMILES string of the molecule is COc1ccc(CN2CCCCCN(CC[C@H](NC(=O)N3CCC(F)(F)C3)C3=CC=CCC3)CCCC2=O)cc1. The summed E-state index contributed by atoms with van der Waals surface area (Å²) in [5, 5.41) is 3.07. The van der Waals surface area contributed by atoms with Gasteiger partial charge in [-0.2, -0.15) is 0 Å². The van der Waals surface area contributed by atoms with Crippen LogP contribution in [-0.4, -0.2) is 85.0 Å². The summed E-state index contributed by atoms with van der Waals surface area (Å²) in [5.41, 5.74) is 2.24. The highest BCUT2D eigenvalue weighted by molar-refractivity contribution is 5.76. The third-order valence-electron chi connectivity index (χ3n) is 8.13. The number of nitrogens with one attached hydrogen (secondary N) is 1. The van der Waals surface area contributed by atoms with Crippen LogP contribution in [0.25, 0.3) is 0 Å². The molecule has 0 spiro atoms. The fourth-order valence-electron chi connectivity index (χ4n) is 5.73. The Bertz CT molecular complexity index is 1040. The predicted octanol–water partition coefficient (Wildman–Crippen LogP) is 5.38. The quantitative estimate of drug-likeness (QED) is 0.466. The number of allylic oxidation sites excluding steroid dienone is 3. The minimum Gasteiger partial charge on any atom is -0.497 e. The molecule has 1 aromatic rings. The molecule has 2 saturated heterocycles. The van der Waals surface area contributed by atoms with Crippen molar-refractivity contribution < 1.29 is 23.1 Å². The average molecular weight is 559 g/mol. The zero-order valence-electron chi connectivity index (χ0n) is 23.8. The third kappa shape index (κ3) is 9.04. The molecule has 3 amide bonds. The largest absolute Gasteiger partial charge is 0.497 e. The highest BCUT2D eigenvalue weighted by Gasteiger charge is 2.40. The average Bonchev–Trinajstić information content (AvgIpc) is 3.32. The lowest BCUT2D eigenvalue weighted by atomic mass is 9.95. The van der Waals surface area contributed by atoms with Crippen LogP contribution >= 0.6 is 0 Å². The third-order valence-corrected chi connectivity index (χ3v) is 8.13. The molecule has 3 aliphatic rings. The summed E-state index contributed by atoms with van der Waals surface area (Å²) in [5.74, 6) is -1.81. The molecule has 1 N–H and O–H groups in total. The molecule has 2 aliphatic heterocycles. The van der Waals surface area contributed by atoms with Gasteiger partial charge in [-0.1, -0.05) is 36.8 Å². The number of ether oxygens (including phenoxy) is 1. The molecule has 1 aromatic carbocycles. The van der Waals surface area contributed by atoms with Gasteiger partial charge in [0.15, 0.2) is 0 Å². The summed E-state index contributed by atoms with van der Waals surface area (Å²) in [6.07, 6.45) is 12.7. The van der Waals surface area contributed by atoms with Gasteiger partial charge in [-0.15, -0.1) is 0 Å². The summed E-state index contributed by atoms with van der Waals surface area (Å²) in [7, 11) is 1.65. The molecular formula is C31H44F2N4O3. The van der Waals surface area contributed by atoms with Gasteiger partial charge in [-0.3, -0.25) is 4.79 Å². The van der Waals surface area contributed by atoms with E-state index in [9.17, 15) is 18.4 Å². The number of carbonyl (C=O) groups is 2. The van der Waals surface area contributed by atoms with Gasteiger partial charge in [0.25, 0.3) is 5.92 Å². The first-order valence-electron chi connectivity index (χ1n) is 14.7. The van der Waals surface area contributed by atoms with Crippen LogP contribution in [0, 0.1) is 0 Å². The molecule has 220 valence electrons. The van der Waals surface area contributed by atoms with Crippen LogP contribution in [0.2, 0.25) is 0 Å². The number of urea groups is 1. The first-order chi connectivity index (χ1) is 19.3. The first kappa shape index (κ1) is 30.0. The van der Waals surface area contributed by atoms with Gasteiger partial charge >= 0.3 is 6.03 Å². The standard InChI is InChI=1S/C31H44F2N4O3/c1-40-27-14-12-25(13-15-27)23-36-20-7-3-6-18-35(19-8-11-29(36)38)21-16-28(26-9-4-2-5-10-26)34-30(39)37-22-17-31(32,33)24-37/h2,4,9,12-15,28H,3,5-8,10-11,16-24H2,1H3,(H,34,39)/t28-/m0/s1. The van der Waals surface area contributed by atoms with E-state index in [2.05, 4.69) is 22.4 Å². The van der Waals surface area contributed by atoms with E-state index in [0.717, 1.165) is 81.6 Å². The van der Waals surface area contributed by atoms with E-state index >= 15 is 0 Å². The Hall–Kier alpha value is -2.94. The lowest BCUT2D eigenvalue weighted by molar-refractivity contribution is -0.132. The van der Waals surface area contributed by atoms with Gasteiger partial charge in [-0.05, 0) is 74.9 Å². The van der Waals surface area contributed by atoms with Gasteiger partial charge in [0.05, 0.1) is 19.7 Å². The second-order valence-electron chi connectivity index (χ2n) is 11.2. The molecule has 4 rings (SSSR count). The van der Waals surface area contributed by atoms with Gasteiger partial charge in [0, 0.05) is 39.0 Å². The summed E-state index contributed by atoms with van der Waals surface area (Å²) >= 11 is 0. The van der Waals surface area contributed by atoms with Crippen molar-refractivity contribution in [1.82, 2.24) is 20.0 Å². The van der Waals surface area contributed by atoms with Crippen molar-refractivity contribution in [2.45, 2.75) is 76.3 Å². The molecule has 40 heavy (non-hydrogen) atoms.